The van der Waals surface area contributed by atoms with Crippen molar-refractivity contribution in [3.05, 3.63) is 35.0 Å². The Kier molecular flexibility index (Phi) is 2.61. The normalized spacial score (nSPS) is 11.1. The fourth-order valence-corrected chi connectivity index (χ4v) is 2.19. The van der Waals surface area contributed by atoms with Gasteiger partial charge in [-0.25, -0.2) is 13.6 Å². The number of aromatic nitrogens is 1. The van der Waals surface area contributed by atoms with Gasteiger partial charge in [-0.1, -0.05) is 0 Å². The van der Waals surface area contributed by atoms with Gasteiger partial charge in [-0.2, -0.15) is 0 Å². The molecule has 0 atom stereocenters. The summed E-state index contributed by atoms with van der Waals surface area (Å²) in [6.45, 7) is 3.45. The maximum absolute atomic E-state index is 13.7. The van der Waals surface area contributed by atoms with E-state index < -0.39 is 17.6 Å². The molecule has 0 aliphatic rings. The molecule has 90 valence electrons. The van der Waals surface area contributed by atoms with Gasteiger partial charge in [0.15, 0.2) is 0 Å². The van der Waals surface area contributed by atoms with E-state index in [1.807, 2.05) is 0 Å². The molecular weight excluding hydrogens is 228 g/mol. The molecule has 0 saturated heterocycles. The topological polar surface area (TPSA) is 42.2 Å². The number of halogens is 2. The lowest BCUT2D eigenvalue weighted by Crippen LogP contribution is -2.08. The average molecular weight is 239 g/mol. The monoisotopic (exact) mass is 239 g/mol. The molecule has 2 aromatic rings. The Labute approximate surface area is 96.3 Å². The van der Waals surface area contributed by atoms with Crippen molar-refractivity contribution in [1.82, 2.24) is 4.57 Å². The maximum atomic E-state index is 13.7. The highest BCUT2D eigenvalue weighted by atomic mass is 19.1. The molecule has 0 unspecified atom stereocenters. The van der Waals surface area contributed by atoms with Crippen molar-refractivity contribution in [2.45, 2.75) is 20.4 Å². The molecule has 0 amide bonds. The largest absolute Gasteiger partial charge is 0.477 e. The third-order valence-electron chi connectivity index (χ3n) is 2.87. The Morgan fingerprint density at radius 2 is 1.94 bits per heavy atom. The quantitative estimate of drug-likeness (QED) is 0.875. The number of aryl methyl sites for hydroxylation is 2. The van der Waals surface area contributed by atoms with Crippen LogP contribution in [0.5, 0.6) is 0 Å². The van der Waals surface area contributed by atoms with E-state index in [1.54, 1.807) is 6.92 Å². The summed E-state index contributed by atoms with van der Waals surface area (Å²) >= 11 is 0. The predicted octanol–water partition coefficient (Wildman–Crippen LogP) is 2.95. The highest BCUT2D eigenvalue weighted by molar-refractivity contribution is 5.98. The second-order valence-corrected chi connectivity index (χ2v) is 3.78. The lowest BCUT2D eigenvalue weighted by atomic mass is 10.1. The first-order chi connectivity index (χ1) is 7.99. The van der Waals surface area contributed by atoms with Crippen LogP contribution in [0.2, 0.25) is 0 Å². The standard InChI is InChI=1S/C12H11F2NO2/c1-3-15-10(12(16)17)6(2)9-7(13)4-5-8(14)11(9)15/h4-5H,3H2,1-2H3,(H,16,17). The van der Waals surface area contributed by atoms with E-state index in [4.69, 9.17) is 5.11 Å². The molecule has 0 radical (unpaired) electrons. The molecule has 0 fully saturated rings. The minimum atomic E-state index is -1.18. The van der Waals surface area contributed by atoms with Gasteiger partial charge in [-0.05, 0) is 31.5 Å². The summed E-state index contributed by atoms with van der Waals surface area (Å²) in [7, 11) is 0. The van der Waals surface area contributed by atoms with Crippen molar-refractivity contribution in [3.63, 3.8) is 0 Å². The summed E-state index contributed by atoms with van der Waals surface area (Å²) in [6, 6.07) is 2.02. The second kappa shape index (κ2) is 3.84. The zero-order chi connectivity index (χ0) is 12.7. The van der Waals surface area contributed by atoms with Crippen LogP contribution >= 0.6 is 0 Å². The molecule has 0 aliphatic carbocycles. The fraction of sp³-hybridized carbons (Fsp3) is 0.250. The van der Waals surface area contributed by atoms with Gasteiger partial charge < -0.3 is 9.67 Å². The van der Waals surface area contributed by atoms with Crippen molar-refractivity contribution in [2.75, 3.05) is 0 Å². The summed E-state index contributed by atoms with van der Waals surface area (Å²) in [4.78, 5) is 11.1. The molecule has 3 nitrogen and oxygen atoms in total. The van der Waals surface area contributed by atoms with Crippen LogP contribution < -0.4 is 0 Å². The van der Waals surface area contributed by atoms with Gasteiger partial charge in [-0.3, -0.25) is 0 Å². The van der Waals surface area contributed by atoms with Gasteiger partial charge in [0.1, 0.15) is 17.3 Å². The van der Waals surface area contributed by atoms with Crippen LogP contribution in [0, 0.1) is 18.6 Å². The molecule has 0 bridgehead atoms. The van der Waals surface area contributed by atoms with Gasteiger partial charge in [0, 0.05) is 11.9 Å². The predicted molar refractivity (Wildman–Crippen MR) is 59.2 cm³/mol. The summed E-state index contributed by atoms with van der Waals surface area (Å²) in [5, 5.41) is 9.14. The molecule has 0 saturated carbocycles. The average Bonchev–Trinajstić information content (AvgIpc) is 2.58. The van der Waals surface area contributed by atoms with Crippen LogP contribution in [0.4, 0.5) is 8.78 Å². The number of rotatable bonds is 2. The summed E-state index contributed by atoms with van der Waals surface area (Å²) in [5.74, 6) is -2.40. The van der Waals surface area contributed by atoms with E-state index in [9.17, 15) is 13.6 Å². The molecule has 1 aromatic heterocycles. The zero-order valence-electron chi connectivity index (χ0n) is 9.42. The summed E-state index contributed by atoms with van der Waals surface area (Å²) in [5.41, 5.74) is 0.209. The van der Waals surface area contributed by atoms with Gasteiger partial charge in [-0.15, -0.1) is 0 Å². The number of carbonyl (C=O) groups is 1. The molecule has 2 rings (SSSR count). The minimum Gasteiger partial charge on any atom is -0.477 e. The Bertz CT molecular complexity index is 617. The van der Waals surface area contributed by atoms with Gasteiger partial charge in [0.05, 0.1) is 5.52 Å². The van der Waals surface area contributed by atoms with Gasteiger partial charge in [0.2, 0.25) is 0 Å². The van der Waals surface area contributed by atoms with Crippen molar-refractivity contribution < 1.29 is 18.7 Å². The number of hydrogen-bond acceptors (Lipinski definition) is 1. The summed E-state index contributed by atoms with van der Waals surface area (Å²) in [6.07, 6.45) is 0. The van der Waals surface area contributed by atoms with E-state index in [0.29, 0.717) is 0 Å². The van der Waals surface area contributed by atoms with Crippen LogP contribution in [0.1, 0.15) is 23.0 Å². The van der Waals surface area contributed by atoms with Gasteiger partial charge in [0.25, 0.3) is 0 Å². The zero-order valence-corrected chi connectivity index (χ0v) is 9.42. The third-order valence-corrected chi connectivity index (χ3v) is 2.87. The van der Waals surface area contributed by atoms with Crippen molar-refractivity contribution in [3.8, 4) is 0 Å². The fourth-order valence-electron chi connectivity index (χ4n) is 2.19. The minimum absolute atomic E-state index is 0.0161. The lowest BCUT2D eigenvalue weighted by molar-refractivity contribution is 0.0685. The van der Waals surface area contributed by atoms with E-state index in [1.165, 1.54) is 11.5 Å². The number of benzene rings is 1. The van der Waals surface area contributed by atoms with Crippen molar-refractivity contribution in [1.29, 1.82) is 0 Å². The lowest BCUT2D eigenvalue weighted by Gasteiger charge is -2.04. The van der Waals surface area contributed by atoms with E-state index >= 15 is 0 Å². The van der Waals surface area contributed by atoms with E-state index in [-0.39, 0.29) is 28.7 Å². The Balaban J connectivity index is 3.04. The van der Waals surface area contributed by atoms with Crippen LogP contribution in [-0.2, 0) is 6.54 Å². The van der Waals surface area contributed by atoms with Crippen molar-refractivity contribution in [2.24, 2.45) is 0 Å². The smallest absolute Gasteiger partial charge is 0.352 e. The molecule has 1 aromatic carbocycles. The SMILES string of the molecule is CCn1c(C(=O)O)c(C)c2c(F)ccc(F)c21. The number of fused-ring (bicyclic) bond motifs is 1. The molecule has 1 N–H and O–H groups in total. The first kappa shape index (κ1) is 11.6. The van der Waals surface area contributed by atoms with Crippen LogP contribution in [0.25, 0.3) is 10.9 Å². The second-order valence-electron chi connectivity index (χ2n) is 3.78. The van der Waals surface area contributed by atoms with E-state index in [0.717, 1.165) is 12.1 Å². The highest BCUT2D eigenvalue weighted by Gasteiger charge is 2.23. The number of aromatic carboxylic acids is 1. The van der Waals surface area contributed by atoms with Crippen LogP contribution in [0.3, 0.4) is 0 Å². The van der Waals surface area contributed by atoms with Crippen LogP contribution in [0.15, 0.2) is 12.1 Å². The molecular formula is C12H11F2NO2. The molecule has 0 aliphatic heterocycles. The molecule has 0 spiro atoms. The Morgan fingerprint density at radius 1 is 1.35 bits per heavy atom. The Morgan fingerprint density at radius 3 is 2.47 bits per heavy atom. The Hall–Kier alpha value is -1.91. The number of hydrogen-bond donors (Lipinski definition) is 1. The molecule has 17 heavy (non-hydrogen) atoms. The summed E-state index contributed by atoms with van der Waals surface area (Å²) < 4.78 is 28.6. The molecule has 5 heteroatoms. The van der Waals surface area contributed by atoms with E-state index in [2.05, 4.69) is 0 Å². The molecule has 1 heterocycles. The third kappa shape index (κ3) is 1.50. The first-order valence-electron chi connectivity index (χ1n) is 5.19. The maximum Gasteiger partial charge on any atom is 0.352 e. The highest BCUT2D eigenvalue weighted by Crippen LogP contribution is 2.30. The number of nitrogens with zero attached hydrogens (tertiary/aromatic N) is 1. The first-order valence-corrected chi connectivity index (χ1v) is 5.19. The van der Waals surface area contributed by atoms with Gasteiger partial charge >= 0.3 is 5.97 Å². The van der Waals surface area contributed by atoms with Crippen molar-refractivity contribution >= 4 is 16.9 Å². The number of carboxylic acids is 1. The number of carboxylic acid groups (broad SMARTS) is 1. The van der Waals surface area contributed by atoms with Crippen LogP contribution in [-0.4, -0.2) is 15.6 Å².